The van der Waals surface area contributed by atoms with E-state index in [0.29, 0.717) is 24.3 Å². The van der Waals surface area contributed by atoms with Crippen LogP contribution in [-0.4, -0.2) is 38.3 Å². The topological polar surface area (TPSA) is 50.4 Å². The van der Waals surface area contributed by atoms with Gasteiger partial charge in [0.05, 0.1) is 12.1 Å². The molecule has 1 heterocycles. The van der Waals surface area contributed by atoms with Crippen LogP contribution < -0.4 is 10.6 Å². The maximum atomic E-state index is 13.2. The molecular formula is C15H21FN2O2. The zero-order chi connectivity index (χ0) is 14.6. The number of amides is 1. The van der Waals surface area contributed by atoms with Gasteiger partial charge in [-0.1, -0.05) is 0 Å². The maximum Gasteiger partial charge on any atom is 0.251 e. The van der Waals surface area contributed by atoms with Crippen molar-refractivity contribution in [2.75, 3.05) is 26.8 Å². The molecule has 1 aromatic carbocycles. The van der Waals surface area contributed by atoms with Gasteiger partial charge in [-0.3, -0.25) is 4.79 Å². The Morgan fingerprint density at radius 1 is 1.55 bits per heavy atom. The SMILES string of the molecule is COCC1(CNC(=O)c2ccc(F)c(C)c2)CCCN1. The second-order valence-electron chi connectivity index (χ2n) is 5.39. The summed E-state index contributed by atoms with van der Waals surface area (Å²) in [5.74, 6) is -0.479. The fourth-order valence-electron chi connectivity index (χ4n) is 2.61. The average Bonchev–Trinajstić information content (AvgIpc) is 2.89. The molecule has 1 aliphatic heterocycles. The summed E-state index contributed by atoms with van der Waals surface area (Å²) in [6.45, 7) is 3.66. The number of methoxy groups -OCH3 is 1. The summed E-state index contributed by atoms with van der Waals surface area (Å²) in [7, 11) is 1.66. The number of hydrogen-bond acceptors (Lipinski definition) is 3. The number of rotatable bonds is 5. The number of carbonyl (C=O) groups excluding carboxylic acids is 1. The number of nitrogens with one attached hydrogen (secondary N) is 2. The fourth-order valence-corrected chi connectivity index (χ4v) is 2.61. The first-order valence-corrected chi connectivity index (χ1v) is 6.85. The third kappa shape index (κ3) is 3.35. The van der Waals surface area contributed by atoms with Gasteiger partial charge in [0.1, 0.15) is 5.82 Å². The number of benzene rings is 1. The Balaban J connectivity index is 1.98. The molecular weight excluding hydrogens is 259 g/mol. The van der Waals surface area contributed by atoms with E-state index in [1.165, 1.54) is 12.1 Å². The van der Waals surface area contributed by atoms with Gasteiger partial charge in [0, 0.05) is 19.2 Å². The van der Waals surface area contributed by atoms with Crippen LogP contribution in [0.15, 0.2) is 18.2 Å². The van der Waals surface area contributed by atoms with Gasteiger partial charge in [0.25, 0.3) is 5.91 Å². The van der Waals surface area contributed by atoms with Crippen LogP contribution in [0.5, 0.6) is 0 Å². The van der Waals surface area contributed by atoms with Crippen LogP contribution in [0.4, 0.5) is 4.39 Å². The number of aryl methyl sites for hydroxylation is 1. The summed E-state index contributed by atoms with van der Waals surface area (Å²) < 4.78 is 18.4. The Labute approximate surface area is 118 Å². The molecule has 1 aromatic rings. The van der Waals surface area contributed by atoms with Crippen molar-refractivity contribution in [2.45, 2.75) is 25.3 Å². The first-order chi connectivity index (χ1) is 9.56. The van der Waals surface area contributed by atoms with Crippen LogP contribution in [0.2, 0.25) is 0 Å². The minimum absolute atomic E-state index is 0.181. The van der Waals surface area contributed by atoms with E-state index in [1.54, 1.807) is 20.1 Å². The molecule has 1 amide bonds. The number of ether oxygens (including phenoxy) is 1. The third-order valence-electron chi connectivity index (χ3n) is 3.76. The fraction of sp³-hybridized carbons (Fsp3) is 0.533. The molecule has 0 saturated carbocycles. The molecule has 0 bridgehead atoms. The predicted octanol–water partition coefficient (Wildman–Crippen LogP) is 1.63. The van der Waals surface area contributed by atoms with Gasteiger partial charge in [0.2, 0.25) is 0 Å². The van der Waals surface area contributed by atoms with Gasteiger partial charge in [-0.2, -0.15) is 0 Å². The highest BCUT2D eigenvalue weighted by atomic mass is 19.1. The van der Waals surface area contributed by atoms with Crippen molar-refractivity contribution in [3.8, 4) is 0 Å². The monoisotopic (exact) mass is 280 g/mol. The summed E-state index contributed by atoms with van der Waals surface area (Å²) in [4.78, 5) is 12.1. The summed E-state index contributed by atoms with van der Waals surface area (Å²) in [5.41, 5.74) is 0.775. The molecule has 1 atom stereocenters. The van der Waals surface area contributed by atoms with Gasteiger partial charge >= 0.3 is 0 Å². The van der Waals surface area contributed by atoms with Gasteiger partial charge in [-0.25, -0.2) is 4.39 Å². The Morgan fingerprint density at radius 3 is 2.95 bits per heavy atom. The van der Waals surface area contributed by atoms with Crippen LogP contribution in [-0.2, 0) is 4.74 Å². The van der Waals surface area contributed by atoms with E-state index in [-0.39, 0.29) is 17.3 Å². The highest BCUT2D eigenvalue weighted by Gasteiger charge is 2.33. The van der Waals surface area contributed by atoms with Crippen LogP contribution in [0.3, 0.4) is 0 Å². The van der Waals surface area contributed by atoms with Gasteiger partial charge in [0.15, 0.2) is 0 Å². The van der Waals surface area contributed by atoms with Crippen molar-refractivity contribution in [2.24, 2.45) is 0 Å². The highest BCUT2D eigenvalue weighted by molar-refractivity contribution is 5.94. The molecule has 0 aromatic heterocycles. The van der Waals surface area contributed by atoms with Crippen molar-refractivity contribution in [1.29, 1.82) is 0 Å². The maximum absolute atomic E-state index is 13.2. The van der Waals surface area contributed by atoms with Crippen molar-refractivity contribution in [3.63, 3.8) is 0 Å². The highest BCUT2D eigenvalue weighted by Crippen LogP contribution is 2.19. The first-order valence-electron chi connectivity index (χ1n) is 6.85. The van der Waals surface area contributed by atoms with Crippen LogP contribution in [0.25, 0.3) is 0 Å². The number of carbonyl (C=O) groups is 1. The molecule has 0 spiro atoms. The molecule has 20 heavy (non-hydrogen) atoms. The number of hydrogen-bond donors (Lipinski definition) is 2. The molecule has 2 N–H and O–H groups in total. The Kier molecular flexibility index (Phi) is 4.73. The molecule has 5 heteroatoms. The Morgan fingerprint density at radius 2 is 2.35 bits per heavy atom. The lowest BCUT2D eigenvalue weighted by molar-refractivity contribution is 0.0892. The van der Waals surface area contributed by atoms with E-state index < -0.39 is 0 Å². The zero-order valence-corrected chi connectivity index (χ0v) is 12.0. The van der Waals surface area contributed by atoms with Crippen molar-refractivity contribution in [1.82, 2.24) is 10.6 Å². The van der Waals surface area contributed by atoms with Crippen LogP contribution in [0, 0.1) is 12.7 Å². The minimum atomic E-state index is -0.296. The molecule has 4 nitrogen and oxygen atoms in total. The molecule has 0 aliphatic carbocycles. The van der Waals surface area contributed by atoms with Crippen LogP contribution >= 0.6 is 0 Å². The summed E-state index contributed by atoms with van der Waals surface area (Å²) in [6.07, 6.45) is 2.05. The van der Waals surface area contributed by atoms with E-state index >= 15 is 0 Å². The minimum Gasteiger partial charge on any atom is -0.383 e. The lowest BCUT2D eigenvalue weighted by Gasteiger charge is -2.29. The molecule has 110 valence electrons. The lowest BCUT2D eigenvalue weighted by Crippen LogP contribution is -2.53. The Bertz CT molecular complexity index is 485. The quantitative estimate of drug-likeness (QED) is 0.862. The average molecular weight is 280 g/mol. The molecule has 1 saturated heterocycles. The normalized spacial score (nSPS) is 21.9. The lowest BCUT2D eigenvalue weighted by atomic mass is 9.98. The molecule has 1 aliphatic rings. The van der Waals surface area contributed by atoms with Crippen LogP contribution in [0.1, 0.15) is 28.8 Å². The predicted molar refractivity (Wildman–Crippen MR) is 75.3 cm³/mol. The van der Waals surface area contributed by atoms with E-state index in [2.05, 4.69) is 10.6 Å². The zero-order valence-electron chi connectivity index (χ0n) is 12.0. The Hall–Kier alpha value is -1.46. The summed E-state index contributed by atoms with van der Waals surface area (Å²) in [6, 6.07) is 4.39. The second kappa shape index (κ2) is 6.33. The first kappa shape index (κ1) is 14.9. The van der Waals surface area contributed by atoms with E-state index in [1.807, 2.05) is 0 Å². The summed E-state index contributed by atoms with van der Waals surface area (Å²) >= 11 is 0. The molecule has 1 fully saturated rings. The van der Waals surface area contributed by atoms with Gasteiger partial charge in [-0.05, 0) is 50.1 Å². The van der Waals surface area contributed by atoms with Crippen molar-refractivity contribution < 1.29 is 13.9 Å². The van der Waals surface area contributed by atoms with Crippen molar-refractivity contribution in [3.05, 3.63) is 35.1 Å². The smallest absolute Gasteiger partial charge is 0.251 e. The molecule has 0 radical (unpaired) electrons. The summed E-state index contributed by atoms with van der Waals surface area (Å²) in [5, 5.41) is 6.31. The number of halogens is 1. The largest absolute Gasteiger partial charge is 0.383 e. The molecule has 1 unspecified atom stereocenters. The third-order valence-corrected chi connectivity index (χ3v) is 3.76. The molecule has 2 rings (SSSR count). The van der Waals surface area contributed by atoms with E-state index in [9.17, 15) is 9.18 Å². The van der Waals surface area contributed by atoms with E-state index in [4.69, 9.17) is 4.74 Å². The van der Waals surface area contributed by atoms with Gasteiger partial charge < -0.3 is 15.4 Å². The standard InChI is InChI=1S/C15H21FN2O2/c1-11-8-12(4-5-13(11)16)14(19)17-9-15(10-20-2)6-3-7-18-15/h4-5,8,18H,3,6-7,9-10H2,1-2H3,(H,17,19). The van der Waals surface area contributed by atoms with Crippen molar-refractivity contribution >= 4 is 5.91 Å². The van der Waals surface area contributed by atoms with E-state index in [0.717, 1.165) is 19.4 Å². The van der Waals surface area contributed by atoms with Gasteiger partial charge in [-0.15, -0.1) is 0 Å². The second-order valence-corrected chi connectivity index (χ2v) is 5.39.